The third-order valence-electron chi connectivity index (χ3n) is 3.48. The van der Waals surface area contributed by atoms with E-state index in [9.17, 15) is 4.79 Å². The summed E-state index contributed by atoms with van der Waals surface area (Å²) in [5, 5.41) is 1.71. The number of esters is 1. The van der Waals surface area contributed by atoms with Gasteiger partial charge < -0.3 is 9.47 Å². The smallest absolute Gasteiger partial charge is 0.335 e. The lowest BCUT2D eigenvalue weighted by Crippen LogP contribution is -2.05. The van der Waals surface area contributed by atoms with Gasteiger partial charge in [-0.25, -0.2) is 4.79 Å². The second-order valence-corrected chi connectivity index (χ2v) is 5.84. The Bertz CT molecular complexity index is 888. The summed E-state index contributed by atoms with van der Waals surface area (Å²) in [7, 11) is 0. The predicted molar refractivity (Wildman–Crippen MR) is 98.1 cm³/mol. The molecule has 0 aliphatic heterocycles. The quantitative estimate of drug-likeness (QED) is 0.269. The number of thioether (sulfide) groups is 1. The standard InChI is InChI=1S/C20H16O3S/c1-3-19(21)23-20-16-12-8-7-11-15(16)17(13-18(20)24-2)22-14-9-5-4-6-10-14/h3-13H,1H2,2H3. The van der Waals surface area contributed by atoms with Crippen LogP contribution in [0.25, 0.3) is 10.8 Å². The first-order chi connectivity index (χ1) is 11.7. The third kappa shape index (κ3) is 3.29. The number of carbonyl (C=O) groups is 1. The number of rotatable bonds is 5. The Balaban J connectivity index is 2.16. The molecule has 0 atom stereocenters. The number of ether oxygens (including phenoxy) is 2. The third-order valence-corrected chi connectivity index (χ3v) is 4.23. The van der Waals surface area contributed by atoms with Crippen molar-refractivity contribution in [1.29, 1.82) is 0 Å². The van der Waals surface area contributed by atoms with Crippen LogP contribution in [0, 0.1) is 0 Å². The topological polar surface area (TPSA) is 35.5 Å². The average molecular weight is 336 g/mol. The van der Waals surface area contributed by atoms with E-state index in [2.05, 4.69) is 6.58 Å². The Morgan fingerprint density at radius 1 is 1.04 bits per heavy atom. The van der Waals surface area contributed by atoms with Gasteiger partial charge in [0.1, 0.15) is 11.5 Å². The van der Waals surface area contributed by atoms with E-state index in [-0.39, 0.29) is 0 Å². The second-order valence-electron chi connectivity index (χ2n) is 4.99. The van der Waals surface area contributed by atoms with Gasteiger partial charge in [-0.15, -0.1) is 11.8 Å². The zero-order valence-corrected chi connectivity index (χ0v) is 14.0. The molecule has 0 saturated heterocycles. The highest BCUT2D eigenvalue weighted by atomic mass is 32.2. The van der Waals surface area contributed by atoms with Crippen LogP contribution in [0.2, 0.25) is 0 Å². The van der Waals surface area contributed by atoms with Gasteiger partial charge >= 0.3 is 5.97 Å². The molecule has 0 aromatic heterocycles. The molecule has 0 saturated carbocycles. The summed E-state index contributed by atoms with van der Waals surface area (Å²) in [5.74, 6) is 1.53. The molecule has 24 heavy (non-hydrogen) atoms. The molecule has 0 heterocycles. The van der Waals surface area contributed by atoms with Crippen LogP contribution in [0.1, 0.15) is 0 Å². The van der Waals surface area contributed by atoms with Crippen molar-refractivity contribution in [2.75, 3.05) is 6.26 Å². The molecule has 0 aliphatic carbocycles. The molecule has 0 amide bonds. The predicted octanol–water partition coefficient (Wildman–Crippen LogP) is 5.45. The molecular weight excluding hydrogens is 320 g/mol. The van der Waals surface area contributed by atoms with Crippen LogP contribution in [0.4, 0.5) is 0 Å². The lowest BCUT2D eigenvalue weighted by atomic mass is 10.1. The summed E-state index contributed by atoms with van der Waals surface area (Å²) in [5.41, 5.74) is 0. The van der Waals surface area contributed by atoms with Gasteiger partial charge in [0, 0.05) is 16.8 Å². The van der Waals surface area contributed by atoms with Gasteiger partial charge in [-0.1, -0.05) is 49.0 Å². The molecular formula is C20H16O3S. The SMILES string of the molecule is C=CC(=O)Oc1c(SC)cc(Oc2ccccc2)c2ccccc12. The number of carbonyl (C=O) groups excluding carboxylic acids is 1. The molecule has 4 heteroatoms. The first-order valence-corrected chi connectivity index (χ1v) is 8.62. The van der Waals surface area contributed by atoms with Crippen LogP contribution >= 0.6 is 11.8 Å². The van der Waals surface area contributed by atoms with Crippen molar-refractivity contribution < 1.29 is 14.3 Å². The maximum absolute atomic E-state index is 11.7. The Hall–Kier alpha value is -2.72. The molecule has 0 radical (unpaired) electrons. The van der Waals surface area contributed by atoms with Crippen LogP contribution in [0.5, 0.6) is 17.2 Å². The fraction of sp³-hybridized carbons (Fsp3) is 0.0500. The number of benzene rings is 3. The molecule has 0 bridgehead atoms. The van der Waals surface area contributed by atoms with Gasteiger partial charge in [0.15, 0.2) is 5.75 Å². The molecule has 0 fully saturated rings. The van der Waals surface area contributed by atoms with Crippen molar-refractivity contribution in [3.63, 3.8) is 0 Å². The van der Waals surface area contributed by atoms with E-state index in [4.69, 9.17) is 9.47 Å². The van der Waals surface area contributed by atoms with Gasteiger partial charge in [-0.3, -0.25) is 0 Å². The molecule has 3 aromatic rings. The Morgan fingerprint density at radius 3 is 2.38 bits per heavy atom. The molecule has 0 N–H and O–H groups in total. The number of hydrogen-bond donors (Lipinski definition) is 0. The minimum Gasteiger partial charge on any atom is -0.457 e. The minimum atomic E-state index is -0.479. The van der Waals surface area contributed by atoms with E-state index in [0.717, 1.165) is 33.2 Å². The van der Waals surface area contributed by atoms with Crippen molar-refractivity contribution in [3.05, 3.63) is 73.3 Å². The lowest BCUT2D eigenvalue weighted by molar-refractivity contribution is -0.129. The van der Waals surface area contributed by atoms with Gasteiger partial charge in [0.25, 0.3) is 0 Å². The van der Waals surface area contributed by atoms with Gasteiger partial charge in [0.05, 0.1) is 4.90 Å². The monoisotopic (exact) mass is 336 g/mol. The summed E-state index contributed by atoms with van der Waals surface area (Å²) >= 11 is 1.50. The highest BCUT2D eigenvalue weighted by molar-refractivity contribution is 7.98. The number of hydrogen-bond acceptors (Lipinski definition) is 4. The molecule has 0 unspecified atom stereocenters. The van der Waals surface area contributed by atoms with E-state index < -0.39 is 5.97 Å². The molecule has 3 nitrogen and oxygen atoms in total. The van der Waals surface area contributed by atoms with E-state index in [0.29, 0.717) is 5.75 Å². The summed E-state index contributed by atoms with van der Waals surface area (Å²) in [6.07, 6.45) is 3.09. The summed E-state index contributed by atoms with van der Waals surface area (Å²) < 4.78 is 11.5. The van der Waals surface area contributed by atoms with Gasteiger partial charge in [-0.2, -0.15) is 0 Å². The van der Waals surface area contributed by atoms with Crippen LogP contribution < -0.4 is 9.47 Å². The zero-order valence-electron chi connectivity index (χ0n) is 13.2. The number of para-hydroxylation sites is 1. The van der Waals surface area contributed by atoms with Crippen LogP contribution in [0.3, 0.4) is 0 Å². The molecule has 0 spiro atoms. The fourth-order valence-corrected chi connectivity index (χ4v) is 2.95. The largest absolute Gasteiger partial charge is 0.457 e. The first-order valence-electron chi connectivity index (χ1n) is 7.40. The van der Waals surface area contributed by atoms with Crippen LogP contribution in [-0.4, -0.2) is 12.2 Å². The van der Waals surface area contributed by atoms with Gasteiger partial charge in [0.2, 0.25) is 0 Å². The van der Waals surface area contributed by atoms with E-state index in [1.165, 1.54) is 11.8 Å². The Morgan fingerprint density at radius 2 is 1.71 bits per heavy atom. The first kappa shape index (κ1) is 16.1. The molecule has 120 valence electrons. The highest BCUT2D eigenvalue weighted by Crippen LogP contribution is 2.42. The van der Waals surface area contributed by atoms with Crippen molar-refractivity contribution in [3.8, 4) is 17.2 Å². The van der Waals surface area contributed by atoms with Crippen LogP contribution in [0.15, 0.2) is 78.2 Å². The van der Waals surface area contributed by atoms with Crippen molar-refractivity contribution in [2.24, 2.45) is 0 Å². The maximum atomic E-state index is 11.7. The molecule has 3 rings (SSSR count). The summed E-state index contributed by atoms with van der Waals surface area (Å²) in [4.78, 5) is 12.5. The number of fused-ring (bicyclic) bond motifs is 1. The van der Waals surface area contributed by atoms with Crippen LogP contribution in [-0.2, 0) is 4.79 Å². The van der Waals surface area contributed by atoms with Crippen molar-refractivity contribution in [1.82, 2.24) is 0 Å². The van der Waals surface area contributed by atoms with Gasteiger partial charge in [-0.05, 0) is 24.5 Å². The minimum absolute atomic E-state index is 0.479. The maximum Gasteiger partial charge on any atom is 0.335 e. The second kappa shape index (κ2) is 7.23. The normalized spacial score (nSPS) is 10.4. The lowest BCUT2D eigenvalue weighted by Gasteiger charge is -2.15. The molecule has 3 aromatic carbocycles. The Kier molecular flexibility index (Phi) is 4.87. The van der Waals surface area contributed by atoms with E-state index in [1.54, 1.807) is 0 Å². The Labute approximate surface area is 144 Å². The fourth-order valence-electron chi connectivity index (χ4n) is 2.39. The molecule has 0 aliphatic rings. The zero-order chi connectivity index (χ0) is 16.9. The van der Waals surface area contributed by atoms with Crippen molar-refractivity contribution in [2.45, 2.75) is 4.90 Å². The average Bonchev–Trinajstić information content (AvgIpc) is 2.64. The summed E-state index contributed by atoms with van der Waals surface area (Å²) in [6.45, 7) is 3.46. The summed E-state index contributed by atoms with van der Waals surface area (Å²) in [6, 6.07) is 19.2. The van der Waals surface area contributed by atoms with E-state index in [1.807, 2.05) is 66.9 Å². The van der Waals surface area contributed by atoms with Crippen molar-refractivity contribution >= 4 is 28.5 Å². The van der Waals surface area contributed by atoms with E-state index >= 15 is 0 Å². The highest BCUT2D eigenvalue weighted by Gasteiger charge is 2.16.